The Kier molecular flexibility index (Phi) is 8.00. The molecule has 0 N–H and O–H groups in total. The fourth-order valence-electron chi connectivity index (χ4n) is 4.16. The number of aryl methyl sites for hydroxylation is 3. The maximum Gasteiger partial charge on any atom is 0.0751 e. The predicted molar refractivity (Wildman–Crippen MR) is 144 cm³/mol. The second kappa shape index (κ2) is 11.3. The summed E-state index contributed by atoms with van der Waals surface area (Å²) in [5.41, 5.74) is 7.82. The molecule has 0 amide bonds. The van der Waals surface area contributed by atoms with Gasteiger partial charge in [-0.3, -0.25) is 9.97 Å². The molecule has 179 valence electrons. The Balaban J connectivity index is 0.000000167. The van der Waals surface area contributed by atoms with Crippen LogP contribution in [0.2, 0.25) is 0 Å². The first-order valence-electron chi connectivity index (χ1n) is 11.6. The molecule has 0 aliphatic carbocycles. The predicted octanol–water partition coefficient (Wildman–Crippen LogP) is 7.72. The summed E-state index contributed by atoms with van der Waals surface area (Å²) in [6.07, 6.45) is 3.65. The molecule has 2 heterocycles. The van der Waals surface area contributed by atoms with Crippen molar-refractivity contribution in [1.29, 1.82) is 0 Å². The minimum Gasteiger partial charge on any atom is -0.304 e. The SMILES string of the molecule is Cc1cc[c-]c2c1ccc1c(C)ccnc12.Cc1ccnc(-c2[c-]ccc(-c3ccccc3)c2)n1.[Ir]. The standard InChI is InChI=1S/C17H13N2.C15H12N.Ir/c1-13-10-11-18-17(19-13)16-9-5-8-15(12-16)14-6-3-2-4-7-14;1-10-4-3-5-14-12(10)6-7-13-11(2)8-9-16-15(13)14;/h2-8,10-12H,1H3;3-4,6-9H,1-2H3;/q2*-1;. The molecule has 1 radical (unpaired) electrons. The first kappa shape index (κ1) is 25.4. The van der Waals surface area contributed by atoms with Gasteiger partial charge in [0.25, 0.3) is 0 Å². The Labute approximate surface area is 225 Å². The average Bonchev–Trinajstić information content (AvgIpc) is 2.90. The minimum atomic E-state index is 0. The normalized spacial score (nSPS) is 10.4. The molecule has 0 saturated carbocycles. The van der Waals surface area contributed by atoms with Crippen LogP contribution >= 0.6 is 0 Å². The van der Waals surface area contributed by atoms with E-state index in [1.807, 2.05) is 55.6 Å². The van der Waals surface area contributed by atoms with Crippen molar-refractivity contribution in [3.8, 4) is 22.5 Å². The summed E-state index contributed by atoms with van der Waals surface area (Å²) in [5, 5.41) is 3.59. The third-order valence-corrected chi connectivity index (χ3v) is 6.06. The van der Waals surface area contributed by atoms with Crippen molar-refractivity contribution in [3.05, 3.63) is 126 Å². The molecule has 0 unspecified atom stereocenters. The Bertz CT molecular complexity index is 1570. The summed E-state index contributed by atoms with van der Waals surface area (Å²) < 4.78 is 0. The summed E-state index contributed by atoms with van der Waals surface area (Å²) in [5.74, 6) is 0.720. The molecule has 2 aromatic heterocycles. The van der Waals surface area contributed by atoms with Gasteiger partial charge in [0.1, 0.15) is 0 Å². The summed E-state index contributed by atoms with van der Waals surface area (Å²) in [4.78, 5) is 13.2. The molecule has 4 heteroatoms. The summed E-state index contributed by atoms with van der Waals surface area (Å²) in [6.45, 7) is 6.20. The van der Waals surface area contributed by atoms with Crippen LogP contribution in [0.4, 0.5) is 0 Å². The molecule has 0 aliphatic heterocycles. The number of pyridine rings is 1. The third-order valence-electron chi connectivity index (χ3n) is 6.06. The van der Waals surface area contributed by atoms with Gasteiger partial charge < -0.3 is 4.98 Å². The minimum absolute atomic E-state index is 0. The van der Waals surface area contributed by atoms with Gasteiger partial charge in [-0.25, -0.2) is 0 Å². The summed E-state index contributed by atoms with van der Waals surface area (Å²) >= 11 is 0. The average molecular weight is 644 g/mol. The summed E-state index contributed by atoms with van der Waals surface area (Å²) in [7, 11) is 0. The second-order valence-electron chi connectivity index (χ2n) is 8.55. The van der Waals surface area contributed by atoms with Crippen molar-refractivity contribution in [1.82, 2.24) is 15.0 Å². The fraction of sp³-hybridized carbons (Fsp3) is 0.0938. The van der Waals surface area contributed by atoms with E-state index in [0.29, 0.717) is 0 Å². The summed E-state index contributed by atoms with van der Waals surface area (Å²) in [6, 6.07) is 35.1. The number of aromatic nitrogens is 3. The van der Waals surface area contributed by atoms with Gasteiger partial charge in [-0.1, -0.05) is 49.4 Å². The first-order chi connectivity index (χ1) is 17.1. The van der Waals surface area contributed by atoms with Gasteiger partial charge in [-0.15, -0.1) is 69.9 Å². The van der Waals surface area contributed by atoms with E-state index in [-0.39, 0.29) is 20.1 Å². The largest absolute Gasteiger partial charge is 0.304 e. The molecule has 0 bridgehead atoms. The van der Waals surface area contributed by atoms with E-state index in [1.54, 1.807) is 6.20 Å². The van der Waals surface area contributed by atoms with Crippen molar-refractivity contribution < 1.29 is 20.1 Å². The van der Waals surface area contributed by atoms with Crippen molar-refractivity contribution in [2.75, 3.05) is 0 Å². The Hall–Kier alpha value is -3.72. The van der Waals surface area contributed by atoms with Crippen LogP contribution in [-0.2, 0) is 20.1 Å². The van der Waals surface area contributed by atoms with Crippen molar-refractivity contribution in [2.45, 2.75) is 20.8 Å². The van der Waals surface area contributed by atoms with E-state index in [4.69, 9.17) is 0 Å². The smallest absolute Gasteiger partial charge is 0.0751 e. The Morgan fingerprint density at radius 2 is 1.36 bits per heavy atom. The molecular weight excluding hydrogens is 619 g/mol. The van der Waals surface area contributed by atoms with E-state index >= 15 is 0 Å². The van der Waals surface area contributed by atoms with Gasteiger partial charge in [0.15, 0.2) is 0 Å². The number of fused-ring (bicyclic) bond motifs is 3. The molecule has 36 heavy (non-hydrogen) atoms. The fourth-order valence-corrected chi connectivity index (χ4v) is 4.16. The van der Waals surface area contributed by atoms with Gasteiger partial charge in [-0.2, -0.15) is 0 Å². The van der Waals surface area contributed by atoms with Crippen LogP contribution < -0.4 is 0 Å². The molecule has 0 aliphatic rings. The van der Waals surface area contributed by atoms with Crippen LogP contribution in [0.25, 0.3) is 44.2 Å². The van der Waals surface area contributed by atoms with Gasteiger partial charge in [0, 0.05) is 38.2 Å². The quantitative estimate of drug-likeness (QED) is 0.143. The van der Waals surface area contributed by atoms with Crippen LogP contribution in [0.15, 0.2) is 97.3 Å². The van der Waals surface area contributed by atoms with Crippen LogP contribution in [0.3, 0.4) is 0 Å². The van der Waals surface area contributed by atoms with Crippen molar-refractivity contribution in [2.24, 2.45) is 0 Å². The molecule has 0 fully saturated rings. The second-order valence-corrected chi connectivity index (χ2v) is 8.55. The molecule has 6 rings (SSSR count). The molecule has 0 saturated heterocycles. The number of hydrogen-bond donors (Lipinski definition) is 0. The number of nitrogens with zero attached hydrogens (tertiary/aromatic N) is 3. The van der Waals surface area contributed by atoms with E-state index in [1.165, 1.54) is 27.5 Å². The van der Waals surface area contributed by atoms with Crippen LogP contribution in [-0.4, -0.2) is 15.0 Å². The van der Waals surface area contributed by atoms with Crippen LogP contribution in [0, 0.1) is 32.9 Å². The molecule has 4 aromatic carbocycles. The maximum atomic E-state index is 4.48. The Morgan fingerprint density at radius 3 is 2.17 bits per heavy atom. The Morgan fingerprint density at radius 1 is 0.639 bits per heavy atom. The van der Waals surface area contributed by atoms with Gasteiger partial charge in [-0.05, 0) is 48.0 Å². The third kappa shape index (κ3) is 5.41. The molecule has 0 spiro atoms. The number of benzene rings is 4. The van der Waals surface area contributed by atoms with E-state index < -0.39 is 0 Å². The number of rotatable bonds is 2. The van der Waals surface area contributed by atoms with E-state index in [0.717, 1.165) is 33.5 Å². The van der Waals surface area contributed by atoms with Gasteiger partial charge in [0.05, 0.1) is 5.82 Å². The molecule has 6 aromatic rings. The monoisotopic (exact) mass is 644 g/mol. The van der Waals surface area contributed by atoms with Crippen molar-refractivity contribution >= 4 is 21.7 Å². The number of hydrogen-bond acceptors (Lipinski definition) is 3. The van der Waals surface area contributed by atoms with Crippen LogP contribution in [0.1, 0.15) is 16.8 Å². The van der Waals surface area contributed by atoms with Crippen molar-refractivity contribution in [3.63, 3.8) is 0 Å². The van der Waals surface area contributed by atoms with Gasteiger partial charge >= 0.3 is 0 Å². The zero-order valence-electron chi connectivity index (χ0n) is 20.4. The molecule has 3 nitrogen and oxygen atoms in total. The topological polar surface area (TPSA) is 38.7 Å². The van der Waals surface area contributed by atoms with Crippen LogP contribution in [0.5, 0.6) is 0 Å². The zero-order valence-corrected chi connectivity index (χ0v) is 22.8. The van der Waals surface area contributed by atoms with E-state index in [2.05, 4.69) is 83.4 Å². The molecule has 0 atom stereocenters. The van der Waals surface area contributed by atoms with E-state index in [9.17, 15) is 0 Å². The zero-order chi connectivity index (χ0) is 24.2. The van der Waals surface area contributed by atoms with Gasteiger partial charge in [0.2, 0.25) is 0 Å². The first-order valence-corrected chi connectivity index (χ1v) is 11.6. The molecular formula is C32H25IrN3-2. The maximum absolute atomic E-state index is 4.48.